The largest absolute Gasteiger partial charge is 0.478 e. The van der Waals surface area contributed by atoms with E-state index in [0.717, 1.165) is 44.3 Å². The maximum Gasteiger partial charge on any atom is 0.337 e. The van der Waals surface area contributed by atoms with Gasteiger partial charge in [0, 0.05) is 44.4 Å². The average molecular weight is 729 g/mol. The van der Waals surface area contributed by atoms with E-state index < -0.39 is 11.9 Å². The predicted octanol–water partition coefficient (Wildman–Crippen LogP) is 8.45. The first kappa shape index (κ1) is 35.5. The zero-order chi connectivity index (χ0) is 38.3. The van der Waals surface area contributed by atoms with Crippen LogP contribution in [0.4, 0.5) is 11.4 Å². The van der Waals surface area contributed by atoms with Crippen LogP contribution in [0, 0.1) is 0 Å². The van der Waals surface area contributed by atoms with E-state index >= 15 is 0 Å². The van der Waals surface area contributed by atoms with Gasteiger partial charge in [0.25, 0.3) is 11.8 Å². The number of nitrogens with zero attached hydrogens (tertiary/aromatic N) is 2. The lowest BCUT2D eigenvalue weighted by molar-refractivity contribution is 0.0599. The summed E-state index contributed by atoms with van der Waals surface area (Å²) in [5.74, 6) is -2.04. The molecule has 2 heterocycles. The predicted molar refractivity (Wildman–Crippen MR) is 210 cm³/mol. The van der Waals surface area contributed by atoms with Crippen LogP contribution in [0.25, 0.3) is 44.3 Å². The molecule has 0 unspecified atom stereocenters. The lowest BCUT2D eigenvalue weighted by atomic mass is 10.1. The number of hydrogen-bond donors (Lipinski definition) is 5. The van der Waals surface area contributed by atoms with E-state index in [1.165, 1.54) is 31.4 Å². The zero-order valence-electron chi connectivity index (χ0n) is 29.2. The second kappa shape index (κ2) is 15.8. The molecule has 8 rings (SSSR count). The Balaban J connectivity index is 0.000000169. The topological polar surface area (TPSA) is 179 Å². The molecule has 270 valence electrons. The molecule has 0 aliphatic heterocycles. The lowest BCUT2D eigenvalue weighted by Gasteiger charge is -2.07. The van der Waals surface area contributed by atoms with Gasteiger partial charge in [-0.25, -0.2) is 9.59 Å². The molecule has 0 bridgehead atoms. The normalized spacial score (nSPS) is 10.6. The van der Waals surface area contributed by atoms with E-state index in [2.05, 4.69) is 35.8 Å². The van der Waals surface area contributed by atoms with Crippen LogP contribution in [-0.2, 0) is 4.74 Å². The molecule has 0 aliphatic carbocycles. The number of carboxylic acid groups (broad SMARTS) is 1. The number of carboxylic acids is 1. The van der Waals surface area contributed by atoms with Crippen LogP contribution in [0.2, 0.25) is 0 Å². The Labute approximate surface area is 313 Å². The number of amides is 2. The fourth-order valence-corrected chi connectivity index (χ4v) is 5.86. The molecule has 0 aliphatic rings. The van der Waals surface area contributed by atoms with E-state index in [4.69, 9.17) is 5.11 Å². The molecule has 0 saturated carbocycles. The molecule has 12 heteroatoms. The molecule has 12 nitrogen and oxygen atoms in total. The van der Waals surface area contributed by atoms with Crippen molar-refractivity contribution < 1.29 is 29.0 Å². The average Bonchev–Trinajstić information content (AvgIpc) is 3.85. The minimum Gasteiger partial charge on any atom is -0.478 e. The quantitative estimate of drug-likeness (QED) is 0.0967. The fraction of sp³-hybridized carbons (Fsp3) is 0.0233. The number of aromatic nitrogens is 4. The van der Waals surface area contributed by atoms with Gasteiger partial charge in [-0.1, -0.05) is 60.7 Å². The summed E-state index contributed by atoms with van der Waals surface area (Å²) in [7, 11) is 1.32. The fourth-order valence-electron chi connectivity index (χ4n) is 5.86. The Bertz CT molecular complexity index is 2650. The number of H-pyrrole nitrogens is 2. The number of fused-ring (bicyclic) bond motifs is 2. The molecular formula is C43H32N6O6. The van der Waals surface area contributed by atoms with Gasteiger partial charge in [-0.15, -0.1) is 0 Å². The first-order valence-electron chi connectivity index (χ1n) is 17.0. The van der Waals surface area contributed by atoms with Gasteiger partial charge in [0.2, 0.25) is 0 Å². The molecule has 0 fully saturated rings. The number of benzene rings is 6. The van der Waals surface area contributed by atoms with Gasteiger partial charge in [-0.3, -0.25) is 19.8 Å². The number of nitrogens with one attached hydrogen (secondary N) is 4. The van der Waals surface area contributed by atoms with Crippen molar-refractivity contribution >= 4 is 56.9 Å². The molecule has 0 radical (unpaired) electrons. The lowest BCUT2D eigenvalue weighted by Crippen LogP contribution is -2.12. The summed E-state index contributed by atoms with van der Waals surface area (Å²) >= 11 is 0. The number of aromatic amines is 2. The number of rotatable bonds is 8. The van der Waals surface area contributed by atoms with E-state index in [1.807, 2.05) is 91.0 Å². The number of carbonyl (C=O) groups excluding carboxylic acids is 3. The van der Waals surface area contributed by atoms with E-state index in [0.29, 0.717) is 28.1 Å². The summed E-state index contributed by atoms with van der Waals surface area (Å²) < 4.78 is 4.66. The monoisotopic (exact) mass is 728 g/mol. The number of methoxy groups -OCH3 is 1. The highest BCUT2D eigenvalue weighted by Crippen LogP contribution is 2.30. The number of carbonyl (C=O) groups is 4. The molecule has 0 saturated heterocycles. The van der Waals surface area contributed by atoms with Gasteiger partial charge in [0.05, 0.1) is 40.7 Å². The molecule has 2 aromatic heterocycles. The molecule has 55 heavy (non-hydrogen) atoms. The second-order valence-corrected chi connectivity index (χ2v) is 12.3. The van der Waals surface area contributed by atoms with Crippen LogP contribution in [0.5, 0.6) is 0 Å². The van der Waals surface area contributed by atoms with Gasteiger partial charge < -0.3 is 20.5 Å². The van der Waals surface area contributed by atoms with Crippen LogP contribution in [0.3, 0.4) is 0 Å². The third-order valence-electron chi connectivity index (χ3n) is 8.70. The molecular weight excluding hydrogens is 697 g/mol. The van der Waals surface area contributed by atoms with Gasteiger partial charge in [-0.2, -0.15) is 10.2 Å². The summed E-state index contributed by atoms with van der Waals surface area (Å²) in [6.45, 7) is 0. The van der Waals surface area contributed by atoms with Crippen LogP contribution in [-0.4, -0.2) is 56.4 Å². The Hall–Kier alpha value is -7.86. The summed E-state index contributed by atoms with van der Waals surface area (Å²) in [6, 6.07) is 42.8. The van der Waals surface area contributed by atoms with Gasteiger partial charge in [0.15, 0.2) is 0 Å². The van der Waals surface area contributed by atoms with Crippen molar-refractivity contribution in [2.75, 3.05) is 17.7 Å². The van der Waals surface area contributed by atoms with Crippen LogP contribution in [0.1, 0.15) is 41.4 Å². The third-order valence-corrected chi connectivity index (χ3v) is 8.70. The molecule has 0 atom stereocenters. The number of ether oxygens (including phenoxy) is 1. The first-order valence-corrected chi connectivity index (χ1v) is 17.0. The van der Waals surface area contributed by atoms with Crippen LogP contribution in [0.15, 0.2) is 146 Å². The van der Waals surface area contributed by atoms with Crippen molar-refractivity contribution in [3.05, 3.63) is 168 Å². The first-order chi connectivity index (χ1) is 26.8. The summed E-state index contributed by atoms with van der Waals surface area (Å²) in [6.07, 6.45) is 0. The molecule has 8 aromatic rings. The Kier molecular flexibility index (Phi) is 10.2. The standard InChI is InChI=1S/C22H17N3O3.C21H15N3O3/c1-28-22(27)16-9-7-15(8-10-16)21(26)23-17-11-12-19-18(13-17)20(25-24-19)14-5-3-2-4-6-14;25-20(14-6-8-15(9-7-14)21(26)27)22-16-10-11-18-17(12-16)19(24-23-18)13-4-2-1-3-5-13/h2-13H,1H3,(H,23,26)(H,24,25);1-12H,(H,22,25)(H,23,24)(H,26,27). The Morgan fingerprint density at radius 3 is 1.33 bits per heavy atom. The van der Waals surface area contributed by atoms with E-state index in [-0.39, 0.29) is 17.4 Å². The Morgan fingerprint density at radius 1 is 0.527 bits per heavy atom. The summed E-state index contributed by atoms with van der Waals surface area (Å²) in [4.78, 5) is 47.4. The Morgan fingerprint density at radius 2 is 0.927 bits per heavy atom. The van der Waals surface area contributed by atoms with Crippen molar-refractivity contribution in [1.29, 1.82) is 0 Å². The minimum atomic E-state index is -1.03. The van der Waals surface area contributed by atoms with Gasteiger partial charge >= 0.3 is 11.9 Å². The van der Waals surface area contributed by atoms with E-state index in [9.17, 15) is 19.2 Å². The van der Waals surface area contributed by atoms with Crippen molar-refractivity contribution in [3.8, 4) is 22.5 Å². The maximum atomic E-state index is 12.5. The third kappa shape index (κ3) is 7.98. The molecule has 0 spiro atoms. The molecule has 2 amide bonds. The van der Waals surface area contributed by atoms with Crippen molar-refractivity contribution in [3.63, 3.8) is 0 Å². The number of esters is 1. The highest BCUT2D eigenvalue weighted by atomic mass is 16.5. The van der Waals surface area contributed by atoms with E-state index in [1.54, 1.807) is 30.3 Å². The van der Waals surface area contributed by atoms with Gasteiger partial charge in [0.1, 0.15) is 0 Å². The maximum absolute atomic E-state index is 12.5. The second-order valence-electron chi connectivity index (χ2n) is 12.3. The smallest absolute Gasteiger partial charge is 0.337 e. The molecule has 5 N–H and O–H groups in total. The zero-order valence-corrected chi connectivity index (χ0v) is 29.2. The number of anilines is 2. The van der Waals surface area contributed by atoms with Crippen molar-refractivity contribution in [1.82, 2.24) is 20.4 Å². The van der Waals surface area contributed by atoms with Gasteiger partial charge in [-0.05, 0) is 84.9 Å². The summed E-state index contributed by atoms with van der Waals surface area (Å²) in [5, 5.41) is 31.3. The molecule has 6 aromatic carbocycles. The SMILES string of the molecule is COC(=O)c1ccc(C(=O)Nc2ccc3[nH]nc(-c4ccccc4)c3c2)cc1.O=C(O)c1ccc(C(=O)Nc2ccc3[nH]nc(-c4ccccc4)c3c2)cc1. The highest BCUT2D eigenvalue weighted by Gasteiger charge is 2.14. The minimum absolute atomic E-state index is 0.138. The van der Waals surface area contributed by atoms with Crippen molar-refractivity contribution in [2.45, 2.75) is 0 Å². The summed E-state index contributed by atoms with van der Waals surface area (Å²) in [5.41, 5.74) is 8.04. The van der Waals surface area contributed by atoms with Crippen LogP contribution < -0.4 is 10.6 Å². The number of aromatic carboxylic acids is 1. The van der Waals surface area contributed by atoms with Crippen molar-refractivity contribution in [2.24, 2.45) is 0 Å². The van der Waals surface area contributed by atoms with Crippen LogP contribution >= 0.6 is 0 Å². The highest BCUT2D eigenvalue weighted by molar-refractivity contribution is 6.07. The number of hydrogen-bond acceptors (Lipinski definition) is 7.